The molecule has 0 aliphatic carbocycles. The van der Waals surface area contributed by atoms with E-state index in [0.29, 0.717) is 13.0 Å². The average molecular weight is 453 g/mol. The second-order valence-electron chi connectivity index (χ2n) is 10.3. The number of nitrogens with one attached hydrogen (secondary N) is 1. The number of aliphatic hydroxyl groups excluding tert-OH is 1. The van der Waals surface area contributed by atoms with Gasteiger partial charge in [-0.05, 0) is 60.8 Å². The van der Waals surface area contributed by atoms with Crippen molar-refractivity contribution >= 4 is 17.8 Å². The lowest BCUT2D eigenvalue weighted by atomic mass is 10.0. The summed E-state index contributed by atoms with van der Waals surface area (Å²) >= 11 is 0. The summed E-state index contributed by atoms with van der Waals surface area (Å²) in [4.78, 5) is 39.7. The lowest BCUT2D eigenvalue weighted by molar-refractivity contribution is -0.168. The van der Waals surface area contributed by atoms with Gasteiger partial charge in [0.25, 0.3) is 0 Å². The zero-order valence-electron chi connectivity index (χ0n) is 20.7. The minimum Gasteiger partial charge on any atom is -0.511 e. The highest BCUT2D eigenvalue weighted by Crippen LogP contribution is 2.31. The van der Waals surface area contributed by atoms with Crippen LogP contribution in [-0.2, 0) is 23.9 Å². The number of nitrogens with zero attached hydrogens (tertiary/aromatic N) is 1. The Morgan fingerprint density at radius 1 is 1.16 bits per heavy atom. The van der Waals surface area contributed by atoms with Crippen molar-refractivity contribution in [2.75, 3.05) is 6.54 Å². The largest absolute Gasteiger partial charge is 0.511 e. The number of rotatable bonds is 8. The summed E-state index contributed by atoms with van der Waals surface area (Å²) in [6.45, 7) is 17.9. The van der Waals surface area contributed by atoms with Crippen molar-refractivity contribution in [1.29, 1.82) is 0 Å². The highest BCUT2D eigenvalue weighted by atomic mass is 16.6. The molecular weight excluding hydrogens is 412 g/mol. The van der Waals surface area contributed by atoms with Crippen LogP contribution in [0, 0.1) is 5.92 Å². The molecule has 1 fully saturated rings. The van der Waals surface area contributed by atoms with Crippen molar-refractivity contribution in [2.45, 2.75) is 97.6 Å². The topological polar surface area (TPSA) is 105 Å². The van der Waals surface area contributed by atoms with E-state index in [1.165, 1.54) is 6.92 Å². The van der Waals surface area contributed by atoms with Gasteiger partial charge in [0, 0.05) is 19.9 Å². The molecule has 0 aromatic rings. The molecular formula is C24H40N2O6. The predicted octanol–water partition coefficient (Wildman–Crippen LogP) is 3.27. The van der Waals surface area contributed by atoms with Gasteiger partial charge in [0.05, 0.1) is 6.04 Å². The SMILES string of the molecule is C=C(O)C(C[C@H](C(=O)OC(C)(C)C)N1CC(C=CC)CC1C(=O)OC(C)(C)C)NC(C)=O. The first-order chi connectivity index (χ1) is 14.5. The smallest absolute Gasteiger partial charge is 0.323 e. The van der Waals surface area contributed by atoms with Crippen molar-refractivity contribution < 1.29 is 29.0 Å². The van der Waals surface area contributed by atoms with E-state index in [4.69, 9.17) is 9.47 Å². The van der Waals surface area contributed by atoms with Crippen LogP contribution in [0.2, 0.25) is 0 Å². The van der Waals surface area contributed by atoms with Crippen molar-refractivity contribution in [2.24, 2.45) is 5.92 Å². The second kappa shape index (κ2) is 11.0. The maximum atomic E-state index is 13.2. The zero-order chi connectivity index (χ0) is 24.9. The van der Waals surface area contributed by atoms with E-state index in [9.17, 15) is 19.5 Å². The monoisotopic (exact) mass is 452 g/mol. The van der Waals surface area contributed by atoms with Gasteiger partial charge in [0.2, 0.25) is 5.91 Å². The van der Waals surface area contributed by atoms with E-state index in [2.05, 4.69) is 11.9 Å². The molecule has 2 N–H and O–H groups in total. The number of hydrogen-bond donors (Lipinski definition) is 2. The minimum atomic E-state index is -0.900. The third-order valence-electron chi connectivity index (χ3n) is 4.83. The number of aliphatic hydroxyl groups is 1. The van der Waals surface area contributed by atoms with Crippen LogP contribution in [0.25, 0.3) is 0 Å². The third-order valence-corrected chi connectivity index (χ3v) is 4.83. The molecule has 0 aromatic heterocycles. The van der Waals surface area contributed by atoms with E-state index >= 15 is 0 Å². The fraction of sp³-hybridized carbons (Fsp3) is 0.708. The molecule has 1 rings (SSSR count). The number of ether oxygens (including phenoxy) is 2. The van der Waals surface area contributed by atoms with Gasteiger partial charge in [-0.25, -0.2) is 0 Å². The van der Waals surface area contributed by atoms with Gasteiger partial charge in [-0.1, -0.05) is 18.7 Å². The summed E-state index contributed by atoms with van der Waals surface area (Å²) < 4.78 is 11.3. The Bertz CT molecular complexity index is 732. The lowest BCUT2D eigenvalue weighted by Crippen LogP contribution is -2.53. The molecule has 32 heavy (non-hydrogen) atoms. The van der Waals surface area contributed by atoms with Crippen LogP contribution in [0.3, 0.4) is 0 Å². The lowest BCUT2D eigenvalue weighted by Gasteiger charge is -2.35. The summed E-state index contributed by atoms with van der Waals surface area (Å²) in [7, 11) is 0. The molecule has 1 amide bonds. The van der Waals surface area contributed by atoms with Crippen molar-refractivity contribution in [3.63, 3.8) is 0 Å². The van der Waals surface area contributed by atoms with E-state index < -0.39 is 41.3 Å². The average Bonchev–Trinajstić information content (AvgIpc) is 2.98. The van der Waals surface area contributed by atoms with Crippen molar-refractivity contribution in [1.82, 2.24) is 10.2 Å². The standard InChI is InChI=1S/C24H40N2O6/c1-10-11-17-12-19(21(29)31-23(4,5)6)26(14-17)20(22(30)32-24(7,8)9)13-18(15(2)27)25-16(3)28/h10-11,17-20,27H,2,12-14H2,1,3-9H3,(H,25,28)/t17?,18?,19?,20-/m1/s1. The van der Waals surface area contributed by atoms with Gasteiger partial charge in [-0.2, -0.15) is 0 Å². The quantitative estimate of drug-likeness (QED) is 0.331. The van der Waals surface area contributed by atoms with Crippen LogP contribution >= 0.6 is 0 Å². The Labute approximate surface area is 192 Å². The van der Waals surface area contributed by atoms with Crippen LogP contribution in [0.1, 0.15) is 68.2 Å². The Hall–Kier alpha value is -2.35. The molecule has 8 nitrogen and oxygen atoms in total. The van der Waals surface area contributed by atoms with Gasteiger partial charge in [0.1, 0.15) is 29.0 Å². The van der Waals surface area contributed by atoms with Gasteiger partial charge in [-0.15, -0.1) is 0 Å². The number of amides is 1. The first-order valence-corrected chi connectivity index (χ1v) is 11.0. The summed E-state index contributed by atoms with van der Waals surface area (Å²) in [5.41, 5.74) is -1.43. The van der Waals surface area contributed by atoms with Crippen LogP contribution in [0.15, 0.2) is 24.5 Å². The third kappa shape index (κ3) is 9.02. The maximum absolute atomic E-state index is 13.2. The highest BCUT2D eigenvalue weighted by Gasteiger charge is 2.45. The number of esters is 2. The molecule has 8 heteroatoms. The maximum Gasteiger partial charge on any atom is 0.323 e. The molecule has 0 radical (unpaired) electrons. The Balaban J connectivity index is 3.36. The molecule has 1 aliphatic heterocycles. The Kier molecular flexibility index (Phi) is 9.50. The number of allylic oxidation sites excluding steroid dienone is 1. The number of carbonyl (C=O) groups excluding carboxylic acids is 3. The number of carbonyl (C=O) groups is 3. The van der Waals surface area contributed by atoms with Gasteiger partial charge >= 0.3 is 11.9 Å². The summed E-state index contributed by atoms with van der Waals surface area (Å²) in [6.07, 6.45) is 4.41. The van der Waals surface area contributed by atoms with Gasteiger partial charge in [-0.3, -0.25) is 19.3 Å². The molecule has 0 spiro atoms. The highest BCUT2D eigenvalue weighted by molar-refractivity contribution is 5.81. The summed E-state index contributed by atoms with van der Waals surface area (Å²) in [5.74, 6) is -1.56. The first kappa shape index (κ1) is 27.7. The molecule has 3 unspecified atom stereocenters. The van der Waals surface area contributed by atoms with E-state index in [1.54, 1.807) is 46.4 Å². The number of likely N-dealkylation sites (tertiary alicyclic amines) is 1. The molecule has 1 aliphatic rings. The van der Waals surface area contributed by atoms with Crippen LogP contribution < -0.4 is 5.32 Å². The zero-order valence-corrected chi connectivity index (χ0v) is 20.7. The minimum absolute atomic E-state index is 0.00564. The van der Waals surface area contributed by atoms with Crippen LogP contribution in [0.4, 0.5) is 0 Å². The molecule has 4 atom stereocenters. The van der Waals surface area contributed by atoms with Gasteiger partial charge in [0.15, 0.2) is 0 Å². The number of hydrogen-bond acceptors (Lipinski definition) is 7. The summed E-state index contributed by atoms with van der Waals surface area (Å²) in [5, 5.41) is 12.7. The molecule has 0 aromatic carbocycles. The van der Waals surface area contributed by atoms with E-state index in [-0.39, 0.29) is 24.0 Å². The first-order valence-electron chi connectivity index (χ1n) is 11.0. The van der Waals surface area contributed by atoms with Crippen LogP contribution in [0.5, 0.6) is 0 Å². The second-order valence-corrected chi connectivity index (χ2v) is 10.3. The predicted molar refractivity (Wildman–Crippen MR) is 123 cm³/mol. The van der Waals surface area contributed by atoms with Gasteiger partial charge < -0.3 is 19.9 Å². The fourth-order valence-corrected chi connectivity index (χ4v) is 3.74. The molecule has 1 heterocycles. The van der Waals surface area contributed by atoms with Crippen LogP contribution in [-0.4, -0.2) is 63.7 Å². The van der Waals surface area contributed by atoms with E-state index in [0.717, 1.165) is 0 Å². The molecule has 0 saturated carbocycles. The molecule has 1 saturated heterocycles. The fourth-order valence-electron chi connectivity index (χ4n) is 3.74. The van der Waals surface area contributed by atoms with E-state index in [1.807, 2.05) is 19.1 Å². The molecule has 182 valence electrons. The van der Waals surface area contributed by atoms with Crippen molar-refractivity contribution in [3.05, 3.63) is 24.5 Å². The summed E-state index contributed by atoms with van der Waals surface area (Å²) in [6, 6.07) is -2.44. The Morgan fingerprint density at radius 3 is 2.16 bits per heavy atom. The molecule has 0 bridgehead atoms. The Morgan fingerprint density at radius 2 is 1.72 bits per heavy atom. The normalized spacial score (nSPS) is 21.8. The van der Waals surface area contributed by atoms with Crippen molar-refractivity contribution in [3.8, 4) is 0 Å².